The zero-order chi connectivity index (χ0) is 15.0. The molecule has 0 aromatic heterocycles. The lowest BCUT2D eigenvalue weighted by Crippen LogP contribution is -2.54. The number of carbonyl (C=O) groups excluding carboxylic acids is 1. The normalized spacial score (nSPS) is 26.8. The van der Waals surface area contributed by atoms with E-state index in [-0.39, 0.29) is 18.3 Å². The Morgan fingerprint density at radius 1 is 1.27 bits per heavy atom. The van der Waals surface area contributed by atoms with E-state index in [2.05, 4.69) is 38.1 Å². The van der Waals surface area contributed by atoms with Crippen molar-refractivity contribution in [1.82, 2.24) is 4.90 Å². The van der Waals surface area contributed by atoms with Crippen LogP contribution in [-0.2, 0) is 4.79 Å². The van der Waals surface area contributed by atoms with Gasteiger partial charge in [-0.1, -0.05) is 37.1 Å². The standard InChI is InChI=1S/C18H26N2O.ClH/c1-13-7-3-4-8-16(13)15-11-14(2)20(12-15)17(21)18(19)9-5-6-10-18;/h3-4,7-8,14-15H,5-6,9-12,19H2,1-2H3;1H. The van der Waals surface area contributed by atoms with Crippen molar-refractivity contribution in [3.63, 3.8) is 0 Å². The second kappa shape index (κ2) is 6.59. The van der Waals surface area contributed by atoms with Crippen LogP contribution in [0.1, 0.15) is 56.1 Å². The minimum Gasteiger partial charge on any atom is -0.338 e. The number of hydrogen-bond acceptors (Lipinski definition) is 2. The lowest BCUT2D eigenvalue weighted by molar-refractivity contribution is -0.137. The smallest absolute Gasteiger partial charge is 0.242 e. The van der Waals surface area contributed by atoms with E-state index >= 15 is 0 Å². The Balaban J connectivity index is 0.00000176. The number of hydrogen-bond donors (Lipinski definition) is 1. The predicted molar refractivity (Wildman–Crippen MR) is 92.3 cm³/mol. The van der Waals surface area contributed by atoms with E-state index in [1.807, 2.05) is 4.90 Å². The average molecular weight is 323 g/mol. The summed E-state index contributed by atoms with van der Waals surface area (Å²) in [5, 5.41) is 0. The highest BCUT2D eigenvalue weighted by molar-refractivity contribution is 5.87. The van der Waals surface area contributed by atoms with Crippen LogP contribution in [-0.4, -0.2) is 28.9 Å². The zero-order valence-electron chi connectivity index (χ0n) is 13.5. The molecule has 2 atom stereocenters. The highest BCUT2D eigenvalue weighted by Gasteiger charge is 2.44. The predicted octanol–water partition coefficient (Wildman–Crippen LogP) is 3.39. The summed E-state index contributed by atoms with van der Waals surface area (Å²) in [6.07, 6.45) is 4.93. The lowest BCUT2D eigenvalue weighted by atomic mass is 9.93. The molecule has 1 aliphatic carbocycles. The van der Waals surface area contributed by atoms with Gasteiger partial charge in [0.2, 0.25) is 5.91 Å². The first-order valence-electron chi connectivity index (χ1n) is 8.17. The maximum atomic E-state index is 12.8. The van der Waals surface area contributed by atoms with Crippen LogP contribution in [0.5, 0.6) is 0 Å². The van der Waals surface area contributed by atoms with Crippen molar-refractivity contribution in [2.75, 3.05) is 6.54 Å². The van der Waals surface area contributed by atoms with Crippen LogP contribution in [0.15, 0.2) is 24.3 Å². The average Bonchev–Trinajstić information content (AvgIpc) is 3.06. The first-order valence-corrected chi connectivity index (χ1v) is 8.17. The van der Waals surface area contributed by atoms with Crippen molar-refractivity contribution < 1.29 is 4.79 Å². The highest BCUT2D eigenvalue weighted by atomic mass is 35.5. The number of nitrogens with two attached hydrogens (primary N) is 1. The monoisotopic (exact) mass is 322 g/mol. The van der Waals surface area contributed by atoms with Gasteiger partial charge in [0.15, 0.2) is 0 Å². The molecule has 1 aromatic carbocycles. The van der Waals surface area contributed by atoms with E-state index in [4.69, 9.17) is 5.73 Å². The van der Waals surface area contributed by atoms with Crippen molar-refractivity contribution in [3.8, 4) is 0 Å². The maximum Gasteiger partial charge on any atom is 0.242 e. The van der Waals surface area contributed by atoms with Gasteiger partial charge in [-0.3, -0.25) is 4.79 Å². The Kier molecular flexibility index (Phi) is 5.18. The van der Waals surface area contributed by atoms with Crippen LogP contribution < -0.4 is 5.73 Å². The number of benzene rings is 1. The molecule has 0 radical (unpaired) electrons. The molecule has 2 aliphatic rings. The number of likely N-dealkylation sites (tertiary alicyclic amines) is 1. The van der Waals surface area contributed by atoms with Crippen LogP contribution >= 0.6 is 12.4 Å². The molecule has 2 fully saturated rings. The van der Waals surface area contributed by atoms with Crippen molar-refractivity contribution in [2.45, 2.75) is 63.5 Å². The maximum absolute atomic E-state index is 12.8. The van der Waals surface area contributed by atoms with Crippen LogP contribution in [0.3, 0.4) is 0 Å². The Morgan fingerprint density at radius 3 is 2.55 bits per heavy atom. The molecule has 3 nitrogen and oxygen atoms in total. The first-order chi connectivity index (χ1) is 10.0. The molecule has 2 unspecified atom stereocenters. The van der Waals surface area contributed by atoms with E-state index in [0.29, 0.717) is 12.0 Å². The second-order valence-corrected chi connectivity index (χ2v) is 6.96. The van der Waals surface area contributed by atoms with Gasteiger partial charge < -0.3 is 10.6 Å². The topological polar surface area (TPSA) is 46.3 Å². The van der Waals surface area contributed by atoms with Gasteiger partial charge in [-0.25, -0.2) is 0 Å². The summed E-state index contributed by atoms with van der Waals surface area (Å²) < 4.78 is 0. The summed E-state index contributed by atoms with van der Waals surface area (Å²) in [5.41, 5.74) is 8.49. The molecule has 0 spiro atoms. The number of halogens is 1. The van der Waals surface area contributed by atoms with Crippen molar-refractivity contribution in [3.05, 3.63) is 35.4 Å². The van der Waals surface area contributed by atoms with Gasteiger partial charge in [0.05, 0.1) is 5.54 Å². The van der Waals surface area contributed by atoms with Crippen molar-refractivity contribution in [1.29, 1.82) is 0 Å². The molecule has 3 rings (SSSR count). The van der Waals surface area contributed by atoms with E-state index in [1.165, 1.54) is 11.1 Å². The van der Waals surface area contributed by atoms with E-state index in [1.54, 1.807) is 0 Å². The number of carbonyl (C=O) groups is 1. The van der Waals surface area contributed by atoms with Gasteiger partial charge in [0, 0.05) is 18.5 Å². The fraction of sp³-hybridized carbons (Fsp3) is 0.611. The largest absolute Gasteiger partial charge is 0.338 e. The summed E-state index contributed by atoms with van der Waals surface area (Å²) in [5.74, 6) is 0.638. The van der Waals surface area contributed by atoms with Gasteiger partial charge in [-0.15, -0.1) is 12.4 Å². The molecular formula is C18H27ClN2O. The number of aryl methyl sites for hydroxylation is 1. The molecule has 1 aliphatic heterocycles. The second-order valence-electron chi connectivity index (χ2n) is 6.96. The Bertz CT molecular complexity index is 540. The fourth-order valence-corrected chi connectivity index (χ4v) is 4.09. The van der Waals surface area contributed by atoms with Crippen molar-refractivity contribution >= 4 is 18.3 Å². The molecule has 1 saturated carbocycles. The van der Waals surface area contributed by atoms with Crippen LogP contribution in [0, 0.1) is 6.92 Å². The lowest BCUT2D eigenvalue weighted by Gasteiger charge is -2.31. The van der Waals surface area contributed by atoms with Gasteiger partial charge in [-0.05, 0) is 44.2 Å². The quantitative estimate of drug-likeness (QED) is 0.907. The Morgan fingerprint density at radius 2 is 1.91 bits per heavy atom. The number of amides is 1. The number of rotatable bonds is 2. The van der Waals surface area contributed by atoms with Gasteiger partial charge in [0.25, 0.3) is 0 Å². The summed E-state index contributed by atoms with van der Waals surface area (Å²) in [7, 11) is 0. The molecule has 0 bridgehead atoms. The van der Waals surface area contributed by atoms with Crippen LogP contribution in [0.25, 0.3) is 0 Å². The van der Waals surface area contributed by atoms with Crippen LogP contribution in [0.2, 0.25) is 0 Å². The Labute approximate surface area is 139 Å². The molecule has 4 heteroatoms. The third-order valence-corrected chi connectivity index (χ3v) is 5.39. The molecular weight excluding hydrogens is 296 g/mol. The minimum absolute atomic E-state index is 0. The van der Waals surface area contributed by atoms with E-state index in [9.17, 15) is 4.79 Å². The molecule has 2 N–H and O–H groups in total. The summed E-state index contributed by atoms with van der Waals surface area (Å²) in [6.45, 7) is 5.14. The molecule has 1 aromatic rings. The third kappa shape index (κ3) is 3.02. The summed E-state index contributed by atoms with van der Waals surface area (Å²) in [6, 6.07) is 8.83. The zero-order valence-corrected chi connectivity index (χ0v) is 14.4. The molecule has 22 heavy (non-hydrogen) atoms. The minimum atomic E-state index is -0.588. The Hall–Kier alpha value is -1.06. The van der Waals surface area contributed by atoms with E-state index < -0.39 is 5.54 Å². The van der Waals surface area contributed by atoms with Crippen molar-refractivity contribution in [2.24, 2.45) is 5.73 Å². The van der Waals surface area contributed by atoms with Crippen LogP contribution in [0.4, 0.5) is 0 Å². The molecule has 1 saturated heterocycles. The van der Waals surface area contributed by atoms with Gasteiger partial charge in [-0.2, -0.15) is 0 Å². The third-order valence-electron chi connectivity index (χ3n) is 5.39. The molecule has 1 heterocycles. The van der Waals surface area contributed by atoms with E-state index in [0.717, 1.165) is 38.6 Å². The number of nitrogens with zero attached hydrogens (tertiary/aromatic N) is 1. The first kappa shape index (κ1) is 17.3. The van der Waals surface area contributed by atoms with Gasteiger partial charge in [0.1, 0.15) is 0 Å². The highest BCUT2D eigenvalue weighted by Crippen LogP contribution is 2.37. The summed E-state index contributed by atoms with van der Waals surface area (Å²) >= 11 is 0. The molecule has 122 valence electrons. The SMILES string of the molecule is Cc1ccccc1C1CC(C)N(C(=O)C2(N)CCCC2)C1.Cl. The molecule has 1 amide bonds. The summed E-state index contributed by atoms with van der Waals surface area (Å²) in [4.78, 5) is 14.9. The van der Waals surface area contributed by atoms with Gasteiger partial charge >= 0.3 is 0 Å². The fourth-order valence-electron chi connectivity index (χ4n) is 4.09.